The molecule has 0 rings (SSSR count). The van der Waals surface area contributed by atoms with Gasteiger partial charge in [-0.2, -0.15) is 0 Å². The number of hydrogen-bond donors (Lipinski definition) is 1. The second kappa shape index (κ2) is 4.09. The van der Waals surface area contributed by atoms with Crippen LogP contribution in [0.4, 0.5) is 0 Å². The summed E-state index contributed by atoms with van der Waals surface area (Å²) in [6.07, 6.45) is -0.212. The molecule has 42 valence electrons. The van der Waals surface area contributed by atoms with Gasteiger partial charge in [-0.1, -0.05) is 0 Å². The second-order valence-corrected chi connectivity index (χ2v) is 1.35. The minimum absolute atomic E-state index is 0.510. The summed E-state index contributed by atoms with van der Waals surface area (Å²) in [6, 6.07) is 0. The van der Waals surface area contributed by atoms with Crippen molar-refractivity contribution in [1.82, 2.24) is 0 Å². The third-order valence-corrected chi connectivity index (χ3v) is 0.618. The van der Waals surface area contributed by atoms with Crippen LogP contribution in [0.3, 0.4) is 0 Å². The Labute approximate surface area is 44.1 Å². The first-order valence-electron chi connectivity index (χ1n) is 2.20. The molecule has 1 atom stereocenters. The number of methoxy groups -OCH3 is 1. The van der Waals surface area contributed by atoms with Crippen molar-refractivity contribution in [2.45, 2.75) is 12.5 Å². The molecular formula is C5H10O2. The van der Waals surface area contributed by atoms with Crippen molar-refractivity contribution in [2.24, 2.45) is 0 Å². The number of aliphatic hydroxyl groups excluding tert-OH is 1. The van der Waals surface area contributed by atoms with Crippen LogP contribution in [0.5, 0.6) is 0 Å². The van der Waals surface area contributed by atoms with Gasteiger partial charge in [0.1, 0.15) is 0 Å². The van der Waals surface area contributed by atoms with Crippen LogP contribution < -0.4 is 0 Å². The van der Waals surface area contributed by atoms with Crippen molar-refractivity contribution >= 4 is 0 Å². The summed E-state index contributed by atoms with van der Waals surface area (Å²) < 4.78 is 4.61. The smallest absolute Gasteiger partial charge is 0.0597 e. The van der Waals surface area contributed by atoms with E-state index < -0.39 is 6.10 Å². The Bertz CT molecular complexity index is 35.1. The van der Waals surface area contributed by atoms with Gasteiger partial charge in [-0.15, -0.1) is 0 Å². The number of rotatable bonds is 3. The molecule has 2 heteroatoms. The fourth-order valence-corrected chi connectivity index (χ4v) is 0.239. The topological polar surface area (TPSA) is 29.5 Å². The van der Waals surface area contributed by atoms with Crippen molar-refractivity contribution in [3.8, 4) is 0 Å². The Morgan fingerprint density at radius 1 is 1.86 bits per heavy atom. The molecule has 1 unspecified atom stereocenters. The quantitative estimate of drug-likeness (QED) is 0.547. The van der Waals surface area contributed by atoms with Gasteiger partial charge in [0.15, 0.2) is 0 Å². The summed E-state index contributed by atoms with van der Waals surface area (Å²) in [4.78, 5) is 0. The maximum atomic E-state index is 8.38. The predicted octanol–water partition coefficient (Wildman–Crippen LogP) is 0.0949. The Morgan fingerprint density at radius 2 is 2.43 bits per heavy atom. The standard InChI is InChI=1S/C5H10O2/c1-5(6)3-4-7-2/h1,5-6H,3-4H2,2H3. The van der Waals surface area contributed by atoms with Crippen LogP contribution in [-0.2, 0) is 4.74 Å². The van der Waals surface area contributed by atoms with Crippen molar-refractivity contribution in [1.29, 1.82) is 0 Å². The summed E-state index contributed by atoms with van der Waals surface area (Å²) in [6.45, 7) is 5.48. The van der Waals surface area contributed by atoms with E-state index in [2.05, 4.69) is 4.74 Å². The average molecular weight is 102 g/mol. The zero-order valence-corrected chi connectivity index (χ0v) is 4.42. The molecule has 2 radical (unpaired) electrons. The molecule has 0 aromatic heterocycles. The molecule has 0 fully saturated rings. The van der Waals surface area contributed by atoms with Crippen LogP contribution in [0.2, 0.25) is 0 Å². The van der Waals surface area contributed by atoms with E-state index in [1.54, 1.807) is 7.11 Å². The molecule has 7 heavy (non-hydrogen) atoms. The van der Waals surface area contributed by atoms with E-state index in [-0.39, 0.29) is 0 Å². The minimum Gasteiger partial charge on any atom is -0.393 e. The van der Waals surface area contributed by atoms with Crippen molar-refractivity contribution in [3.63, 3.8) is 0 Å². The van der Waals surface area contributed by atoms with Gasteiger partial charge in [0.25, 0.3) is 0 Å². The Balaban J connectivity index is 2.68. The molecule has 0 aromatic carbocycles. The highest BCUT2D eigenvalue weighted by molar-refractivity contribution is 4.53. The van der Waals surface area contributed by atoms with Gasteiger partial charge in [0.05, 0.1) is 6.10 Å². The third kappa shape index (κ3) is 5.92. The van der Waals surface area contributed by atoms with Crippen LogP contribution in [0.1, 0.15) is 6.42 Å². The first-order chi connectivity index (χ1) is 3.27. The molecule has 0 aromatic rings. The molecule has 2 nitrogen and oxygen atoms in total. The normalized spacial score (nSPS) is 14.1. The number of aliphatic hydroxyl groups is 1. The van der Waals surface area contributed by atoms with Gasteiger partial charge < -0.3 is 9.84 Å². The fourth-order valence-electron chi connectivity index (χ4n) is 0.239. The predicted molar refractivity (Wildman–Crippen MR) is 26.8 cm³/mol. The molecule has 0 spiro atoms. The summed E-state index contributed by atoms with van der Waals surface area (Å²) in [5.41, 5.74) is 0. The minimum atomic E-state index is -0.722. The lowest BCUT2D eigenvalue weighted by atomic mass is 10.3. The van der Waals surface area contributed by atoms with E-state index in [1.807, 2.05) is 0 Å². The Morgan fingerprint density at radius 3 is 2.57 bits per heavy atom. The highest BCUT2D eigenvalue weighted by atomic mass is 16.5. The number of hydrogen-bond acceptors (Lipinski definition) is 2. The maximum absolute atomic E-state index is 8.38. The zero-order valence-electron chi connectivity index (χ0n) is 4.42. The molecule has 0 saturated carbocycles. The molecular weight excluding hydrogens is 92.1 g/mol. The zero-order chi connectivity index (χ0) is 5.70. The Hall–Kier alpha value is -0.0800. The average Bonchev–Trinajstić information content (AvgIpc) is 1.61. The first-order valence-corrected chi connectivity index (χ1v) is 2.20. The molecule has 0 aliphatic heterocycles. The van der Waals surface area contributed by atoms with Gasteiger partial charge >= 0.3 is 0 Å². The van der Waals surface area contributed by atoms with Crippen LogP contribution in [0.15, 0.2) is 0 Å². The summed E-state index contributed by atoms with van der Waals surface area (Å²) in [7, 11) is 1.57. The fraction of sp³-hybridized carbons (Fsp3) is 0.800. The first kappa shape index (κ1) is 6.92. The van der Waals surface area contributed by atoms with Gasteiger partial charge in [-0.3, -0.25) is 0 Å². The monoisotopic (exact) mass is 102 g/mol. The summed E-state index contributed by atoms with van der Waals surface area (Å²) in [5.74, 6) is 0. The van der Waals surface area contributed by atoms with Crippen molar-refractivity contribution < 1.29 is 9.84 Å². The van der Waals surface area contributed by atoms with E-state index in [9.17, 15) is 0 Å². The summed E-state index contributed by atoms with van der Waals surface area (Å²) in [5, 5.41) is 8.38. The Kier molecular flexibility index (Phi) is 4.04. The van der Waals surface area contributed by atoms with E-state index in [0.717, 1.165) is 0 Å². The van der Waals surface area contributed by atoms with E-state index in [1.165, 1.54) is 0 Å². The summed E-state index contributed by atoms with van der Waals surface area (Å²) >= 11 is 0. The van der Waals surface area contributed by atoms with Gasteiger partial charge in [-0.05, 0) is 13.3 Å². The molecule has 0 heterocycles. The van der Waals surface area contributed by atoms with Crippen LogP contribution in [0, 0.1) is 6.92 Å². The largest absolute Gasteiger partial charge is 0.393 e. The van der Waals surface area contributed by atoms with Crippen LogP contribution >= 0.6 is 0 Å². The maximum Gasteiger partial charge on any atom is 0.0597 e. The highest BCUT2D eigenvalue weighted by Gasteiger charge is 1.91. The van der Waals surface area contributed by atoms with Gasteiger partial charge in [-0.25, -0.2) is 0 Å². The molecule has 1 N–H and O–H groups in total. The molecule has 0 bridgehead atoms. The third-order valence-electron chi connectivity index (χ3n) is 0.618. The van der Waals surface area contributed by atoms with Crippen LogP contribution in [0.25, 0.3) is 0 Å². The number of ether oxygens (including phenoxy) is 1. The van der Waals surface area contributed by atoms with E-state index >= 15 is 0 Å². The van der Waals surface area contributed by atoms with E-state index in [4.69, 9.17) is 12.0 Å². The lowest BCUT2D eigenvalue weighted by molar-refractivity contribution is 0.135. The van der Waals surface area contributed by atoms with E-state index in [0.29, 0.717) is 13.0 Å². The second-order valence-electron chi connectivity index (χ2n) is 1.35. The SMILES string of the molecule is [CH]C(O)CCOC. The molecule has 0 aliphatic rings. The van der Waals surface area contributed by atoms with Gasteiger partial charge in [0, 0.05) is 13.7 Å². The molecule has 0 saturated heterocycles. The molecule has 0 amide bonds. The van der Waals surface area contributed by atoms with Crippen LogP contribution in [-0.4, -0.2) is 24.9 Å². The van der Waals surface area contributed by atoms with Gasteiger partial charge in [0.2, 0.25) is 0 Å². The lowest BCUT2D eigenvalue weighted by Gasteiger charge is -1.98. The highest BCUT2D eigenvalue weighted by Crippen LogP contribution is 1.86. The molecule has 0 aliphatic carbocycles. The van der Waals surface area contributed by atoms with Crippen molar-refractivity contribution in [2.75, 3.05) is 13.7 Å². The van der Waals surface area contributed by atoms with Crippen molar-refractivity contribution in [3.05, 3.63) is 6.92 Å². The lowest BCUT2D eigenvalue weighted by Crippen LogP contribution is -2.03.